The van der Waals surface area contributed by atoms with Gasteiger partial charge in [-0.3, -0.25) is 4.79 Å². The molecular weight excluding hydrogens is 580 g/mol. The minimum absolute atomic E-state index is 0.116. The van der Waals surface area contributed by atoms with E-state index in [4.69, 9.17) is 23.4 Å². The number of rotatable bonds is 7. The number of fused-ring (bicyclic) bond motifs is 1. The summed E-state index contributed by atoms with van der Waals surface area (Å²) in [5.74, 6) is -2.07. The molecule has 0 aliphatic carbocycles. The Morgan fingerprint density at radius 2 is 1.33 bits per heavy atom. The molecule has 3 heterocycles. The summed E-state index contributed by atoms with van der Waals surface area (Å²) in [6.45, 7) is -1.37. The predicted octanol–water partition coefficient (Wildman–Crippen LogP) is -2.42. The van der Waals surface area contributed by atoms with Gasteiger partial charge >= 0.3 is 0 Å². The van der Waals surface area contributed by atoms with E-state index in [-0.39, 0.29) is 22.7 Å². The summed E-state index contributed by atoms with van der Waals surface area (Å²) in [4.78, 5) is 13.6. The largest absolute Gasteiger partial charge is 0.508 e. The molecule has 0 bridgehead atoms. The van der Waals surface area contributed by atoms with Gasteiger partial charge in [-0.2, -0.15) is 0 Å². The number of hydrogen-bond acceptors (Lipinski definition) is 16. The zero-order valence-corrected chi connectivity index (χ0v) is 22.1. The van der Waals surface area contributed by atoms with Crippen LogP contribution in [0.4, 0.5) is 0 Å². The van der Waals surface area contributed by atoms with Crippen molar-refractivity contribution in [2.24, 2.45) is 0 Å². The summed E-state index contributed by atoms with van der Waals surface area (Å²) >= 11 is 0. The Bertz CT molecular complexity index is 1490. The van der Waals surface area contributed by atoms with Crippen molar-refractivity contribution in [3.63, 3.8) is 0 Å². The molecule has 3 aromatic rings. The highest BCUT2D eigenvalue weighted by molar-refractivity contribution is 5.88. The van der Waals surface area contributed by atoms with Crippen molar-refractivity contribution in [2.75, 3.05) is 13.2 Å². The Morgan fingerprint density at radius 3 is 1.98 bits per heavy atom. The molecule has 2 aliphatic rings. The fraction of sp³-hybridized carbons (Fsp3) is 0.444. The van der Waals surface area contributed by atoms with Crippen molar-refractivity contribution in [1.82, 2.24) is 0 Å². The van der Waals surface area contributed by atoms with Gasteiger partial charge in [-0.25, -0.2) is 0 Å². The number of benzene rings is 2. The Hall–Kier alpha value is -3.55. The van der Waals surface area contributed by atoms with E-state index in [1.165, 1.54) is 24.3 Å². The molecule has 5 rings (SSSR count). The highest BCUT2D eigenvalue weighted by atomic mass is 16.7. The fourth-order valence-corrected chi connectivity index (χ4v) is 4.84. The van der Waals surface area contributed by atoms with Gasteiger partial charge in [0.25, 0.3) is 0 Å². The summed E-state index contributed by atoms with van der Waals surface area (Å²) < 4.78 is 27.8. The van der Waals surface area contributed by atoms with E-state index in [2.05, 4.69) is 0 Å². The Labute approximate surface area is 241 Å². The van der Waals surface area contributed by atoms with Crippen molar-refractivity contribution < 1.29 is 74.4 Å². The third-order valence-corrected chi connectivity index (χ3v) is 7.22. The number of phenolic OH excluding ortho intramolecular Hbond substituents is 3. The van der Waals surface area contributed by atoms with Crippen molar-refractivity contribution in [1.29, 1.82) is 0 Å². The number of phenols is 3. The zero-order valence-electron chi connectivity index (χ0n) is 22.1. The van der Waals surface area contributed by atoms with Crippen LogP contribution in [0.25, 0.3) is 22.3 Å². The molecule has 1 aromatic heterocycles. The minimum atomic E-state index is -1.95. The summed E-state index contributed by atoms with van der Waals surface area (Å²) in [6, 6.07) is 7.25. The van der Waals surface area contributed by atoms with E-state index in [0.29, 0.717) is 0 Å². The lowest BCUT2D eigenvalue weighted by molar-refractivity contribution is -0.323. The van der Waals surface area contributed by atoms with Crippen LogP contribution in [0, 0.1) is 0 Å². The van der Waals surface area contributed by atoms with Gasteiger partial charge in [0.1, 0.15) is 77.0 Å². The van der Waals surface area contributed by atoms with Crippen LogP contribution in [0.15, 0.2) is 45.6 Å². The smallest absolute Gasteiger partial charge is 0.239 e. The fourth-order valence-electron chi connectivity index (χ4n) is 4.84. The van der Waals surface area contributed by atoms with Crippen molar-refractivity contribution in [3.8, 4) is 34.3 Å². The molecule has 2 aliphatic heterocycles. The van der Waals surface area contributed by atoms with E-state index < -0.39 is 103 Å². The van der Waals surface area contributed by atoms with Crippen LogP contribution in [0.1, 0.15) is 0 Å². The van der Waals surface area contributed by atoms with E-state index in [9.17, 15) is 55.9 Å². The van der Waals surface area contributed by atoms with Gasteiger partial charge in [-0.15, -0.1) is 0 Å². The molecule has 2 saturated heterocycles. The number of aliphatic hydroxyl groups excluding tert-OH is 7. The van der Waals surface area contributed by atoms with Crippen LogP contribution in [0.5, 0.6) is 23.0 Å². The quantitative estimate of drug-likeness (QED) is 0.133. The summed E-state index contributed by atoms with van der Waals surface area (Å²) in [6.07, 6.45) is -17.1. The van der Waals surface area contributed by atoms with Crippen LogP contribution in [0.3, 0.4) is 0 Å². The monoisotopic (exact) mass is 610 g/mol. The molecule has 43 heavy (non-hydrogen) atoms. The molecule has 0 unspecified atom stereocenters. The zero-order chi connectivity index (χ0) is 31.2. The first-order chi connectivity index (χ1) is 20.4. The molecule has 2 fully saturated rings. The first-order valence-corrected chi connectivity index (χ1v) is 13.0. The maximum atomic E-state index is 13.6. The predicted molar refractivity (Wildman–Crippen MR) is 140 cm³/mol. The maximum Gasteiger partial charge on any atom is 0.239 e. The lowest BCUT2D eigenvalue weighted by Gasteiger charge is -2.42. The van der Waals surface area contributed by atoms with Gasteiger partial charge in [-0.1, -0.05) is 0 Å². The molecule has 234 valence electrons. The SMILES string of the molecule is O=c1c(O[C@@H]2O[C@H](CO[C@@H]3O[C@H](CO)[C@@H](O)[C@H](O)[C@H]3O)[C@H](O)[C@H](O)[C@H]2O)c(-c2ccc(O)cc2)oc2cc(O)cc(O)c12. The average Bonchev–Trinajstić information content (AvgIpc) is 2.97. The molecule has 0 radical (unpaired) electrons. The number of hydrogen-bond donors (Lipinski definition) is 10. The third kappa shape index (κ3) is 5.85. The second-order valence-electron chi connectivity index (χ2n) is 10.1. The highest BCUT2D eigenvalue weighted by Crippen LogP contribution is 2.37. The van der Waals surface area contributed by atoms with E-state index in [0.717, 1.165) is 12.1 Å². The molecule has 0 saturated carbocycles. The first kappa shape index (κ1) is 30.9. The second-order valence-corrected chi connectivity index (χ2v) is 10.1. The van der Waals surface area contributed by atoms with Crippen molar-refractivity contribution in [2.45, 2.75) is 61.4 Å². The molecule has 16 nitrogen and oxygen atoms in total. The van der Waals surface area contributed by atoms with Crippen molar-refractivity contribution >= 4 is 11.0 Å². The number of aromatic hydroxyl groups is 3. The van der Waals surface area contributed by atoms with Crippen LogP contribution in [-0.2, 0) is 14.2 Å². The van der Waals surface area contributed by atoms with Gasteiger partial charge < -0.3 is 74.4 Å². The molecular formula is C27H30O16. The van der Waals surface area contributed by atoms with Crippen LogP contribution in [-0.4, -0.2) is 126 Å². The second kappa shape index (κ2) is 12.2. The van der Waals surface area contributed by atoms with Crippen LogP contribution >= 0.6 is 0 Å². The maximum absolute atomic E-state index is 13.6. The van der Waals surface area contributed by atoms with E-state index in [1.54, 1.807) is 0 Å². The van der Waals surface area contributed by atoms with Gasteiger partial charge in [0.15, 0.2) is 12.1 Å². The topological polar surface area (TPSA) is 269 Å². The standard InChI is InChI=1S/C27H30O16/c28-7-14-17(32)20(35)22(37)26(41-14)39-8-15-18(33)21(36)23(38)27(42-15)43-25-19(34)16-12(31)5-11(30)6-13(16)40-24(25)9-1-3-10(29)4-2-9/h1-6,14-15,17-18,20-23,26-33,35-38H,7-8H2/t14-,15-,17-,18+,20+,21+,22-,23-,26-,27+/m1/s1. The van der Waals surface area contributed by atoms with Crippen LogP contribution in [0.2, 0.25) is 0 Å². The Morgan fingerprint density at radius 1 is 0.721 bits per heavy atom. The van der Waals surface area contributed by atoms with Gasteiger partial charge in [0, 0.05) is 17.7 Å². The van der Waals surface area contributed by atoms with Crippen LogP contribution < -0.4 is 10.2 Å². The summed E-state index contributed by atoms with van der Waals surface area (Å²) in [5, 5.41) is 101. The first-order valence-electron chi connectivity index (χ1n) is 13.0. The van der Waals surface area contributed by atoms with Gasteiger partial charge in [0.2, 0.25) is 17.5 Å². The van der Waals surface area contributed by atoms with E-state index in [1.807, 2.05) is 0 Å². The number of ether oxygens (including phenoxy) is 4. The molecule has 0 amide bonds. The molecule has 2 aromatic carbocycles. The molecule has 10 atom stereocenters. The Balaban J connectivity index is 1.45. The molecule has 10 N–H and O–H groups in total. The normalized spacial score (nSPS) is 33.0. The molecule has 0 spiro atoms. The van der Waals surface area contributed by atoms with Gasteiger partial charge in [0.05, 0.1) is 13.2 Å². The lowest BCUT2D eigenvalue weighted by Crippen LogP contribution is -2.62. The summed E-state index contributed by atoms with van der Waals surface area (Å²) in [5.41, 5.74) is -1.01. The lowest BCUT2D eigenvalue weighted by atomic mass is 9.98. The minimum Gasteiger partial charge on any atom is -0.508 e. The summed E-state index contributed by atoms with van der Waals surface area (Å²) in [7, 11) is 0. The third-order valence-electron chi connectivity index (χ3n) is 7.22. The van der Waals surface area contributed by atoms with Crippen molar-refractivity contribution in [3.05, 3.63) is 46.6 Å². The van der Waals surface area contributed by atoms with Gasteiger partial charge in [-0.05, 0) is 24.3 Å². The highest BCUT2D eigenvalue weighted by Gasteiger charge is 2.48. The number of aliphatic hydroxyl groups is 7. The average molecular weight is 611 g/mol. The molecule has 16 heteroatoms. The Kier molecular flexibility index (Phi) is 8.77. The van der Waals surface area contributed by atoms with E-state index >= 15 is 0 Å².